The molecular weight excluding hydrogens is 252 g/mol. The summed E-state index contributed by atoms with van der Waals surface area (Å²) in [5.74, 6) is 0.915. The second-order valence-electron chi connectivity index (χ2n) is 5.19. The highest BCUT2D eigenvalue weighted by Gasteiger charge is 2.20. The maximum absolute atomic E-state index is 9.16. The van der Waals surface area contributed by atoms with Crippen LogP contribution in [-0.4, -0.2) is 37.5 Å². The average Bonchev–Trinajstić information content (AvgIpc) is 3.28. The molecule has 0 bridgehead atoms. The van der Waals surface area contributed by atoms with Crippen LogP contribution in [0.25, 0.3) is 0 Å². The Labute approximate surface area is 121 Å². The second kappa shape index (κ2) is 7.50. The lowest BCUT2D eigenvalue weighted by atomic mass is 10.1. The van der Waals surface area contributed by atoms with Gasteiger partial charge in [0.15, 0.2) is 0 Å². The lowest BCUT2D eigenvalue weighted by Gasteiger charge is -2.25. The van der Waals surface area contributed by atoms with Gasteiger partial charge in [-0.25, -0.2) is 0 Å². The number of aliphatic hydroxyl groups is 1. The lowest BCUT2D eigenvalue weighted by Crippen LogP contribution is -2.26. The number of nitrogens with zero attached hydrogens (tertiary/aromatic N) is 1. The smallest absolute Gasteiger partial charge is 0.142 e. The van der Waals surface area contributed by atoms with Crippen LogP contribution in [0, 0.1) is 0 Å². The summed E-state index contributed by atoms with van der Waals surface area (Å²) in [7, 11) is 0. The third-order valence-corrected chi connectivity index (χ3v) is 3.59. The molecule has 1 aliphatic rings. The van der Waals surface area contributed by atoms with Crippen molar-refractivity contribution in [2.24, 2.45) is 0 Å². The molecule has 2 rings (SSSR count). The second-order valence-corrected chi connectivity index (χ2v) is 5.19. The zero-order valence-corrected chi connectivity index (χ0v) is 12.6. The predicted molar refractivity (Wildman–Crippen MR) is 82.4 cm³/mol. The van der Waals surface area contributed by atoms with Gasteiger partial charge >= 0.3 is 0 Å². The van der Waals surface area contributed by atoms with Crippen molar-refractivity contribution in [3.05, 3.63) is 23.8 Å². The molecule has 0 atom stereocenters. The molecule has 4 nitrogen and oxygen atoms in total. The topological polar surface area (TPSA) is 44.7 Å². The Morgan fingerprint density at radius 3 is 2.75 bits per heavy atom. The molecule has 1 fully saturated rings. The van der Waals surface area contributed by atoms with Gasteiger partial charge in [-0.1, -0.05) is 6.07 Å². The van der Waals surface area contributed by atoms with E-state index in [-0.39, 0.29) is 6.61 Å². The molecule has 20 heavy (non-hydrogen) atoms. The van der Waals surface area contributed by atoms with E-state index in [1.807, 2.05) is 6.92 Å². The summed E-state index contributed by atoms with van der Waals surface area (Å²) in [6.07, 6.45) is 2.60. The number of aliphatic hydroxyl groups excluding tert-OH is 1. The standard InChI is InChI=1S/C16H26N2O2/c1-3-18(9-10-19)15-8-5-13(11-16(15)20-4-2)12-17-14-6-7-14/h5,8,11,14,17,19H,3-4,6-7,9-10,12H2,1-2H3. The van der Waals surface area contributed by atoms with E-state index in [1.165, 1.54) is 18.4 Å². The van der Waals surface area contributed by atoms with Gasteiger partial charge in [-0.05, 0) is 44.4 Å². The molecule has 1 saturated carbocycles. The molecule has 1 aliphatic carbocycles. The van der Waals surface area contributed by atoms with Crippen LogP contribution >= 0.6 is 0 Å². The fraction of sp³-hybridized carbons (Fsp3) is 0.625. The van der Waals surface area contributed by atoms with Crippen LogP contribution in [0.4, 0.5) is 5.69 Å². The predicted octanol–water partition coefficient (Wildman–Crippen LogP) is 2.16. The molecule has 0 spiro atoms. The summed E-state index contributed by atoms with van der Waals surface area (Å²) in [6.45, 7) is 7.30. The van der Waals surface area contributed by atoms with E-state index < -0.39 is 0 Å². The Hall–Kier alpha value is -1.26. The van der Waals surface area contributed by atoms with Crippen molar-refractivity contribution >= 4 is 5.69 Å². The van der Waals surface area contributed by atoms with Gasteiger partial charge in [0.2, 0.25) is 0 Å². The first kappa shape index (κ1) is 15.1. The SMILES string of the molecule is CCOc1cc(CNC2CC2)ccc1N(CC)CCO. The van der Waals surface area contributed by atoms with Crippen LogP contribution in [0.2, 0.25) is 0 Å². The molecule has 1 aromatic carbocycles. The number of anilines is 1. The van der Waals surface area contributed by atoms with Gasteiger partial charge in [0.25, 0.3) is 0 Å². The van der Waals surface area contributed by atoms with E-state index in [1.54, 1.807) is 0 Å². The summed E-state index contributed by atoms with van der Waals surface area (Å²) < 4.78 is 5.78. The Morgan fingerprint density at radius 1 is 1.35 bits per heavy atom. The monoisotopic (exact) mass is 278 g/mol. The Bertz CT molecular complexity index is 419. The molecule has 1 aromatic rings. The van der Waals surface area contributed by atoms with Gasteiger partial charge in [0, 0.05) is 25.7 Å². The third-order valence-electron chi connectivity index (χ3n) is 3.59. The molecule has 2 N–H and O–H groups in total. The number of likely N-dealkylation sites (N-methyl/N-ethyl adjacent to an activating group) is 1. The van der Waals surface area contributed by atoms with Crippen molar-refractivity contribution in [1.29, 1.82) is 0 Å². The van der Waals surface area contributed by atoms with E-state index in [0.29, 0.717) is 19.2 Å². The largest absolute Gasteiger partial charge is 0.492 e. The van der Waals surface area contributed by atoms with Crippen LogP contribution in [0.3, 0.4) is 0 Å². The Morgan fingerprint density at radius 2 is 2.15 bits per heavy atom. The zero-order chi connectivity index (χ0) is 14.4. The first-order chi connectivity index (χ1) is 9.78. The quantitative estimate of drug-likeness (QED) is 0.726. The van der Waals surface area contributed by atoms with Crippen molar-refractivity contribution in [3.63, 3.8) is 0 Å². The highest BCUT2D eigenvalue weighted by molar-refractivity contribution is 5.59. The molecule has 4 heteroatoms. The molecule has 0 aliphatic heterocycles. The Balaban J connectivity index is 2.12. The summed E-state index contributed by atoms with van der Waals surface area (Å²) in [5.41, 5.74) is 2.32. The van der Waals surface area contributed by atoms with Gasteiger partial charge in [0.05, 0.1) is 18.9 Å². The molecule has 0 saturated heterocycles. The van der Waals surface area contributed by atoms with Crippen LogP contribution < -0.4 is 15.0 Å². The normalized spacial score (nSPS) is 14.3. The number of benzene rings is 1. The minimum absolute atomic E-state index is 0.157. The summed E-state index contributed by atoms with van der Waals surface area (Å²) >= 11 is 0. The fourth-order valence-corrected chi connectivity index (χ4v) is 2.32. The molecule has 0 heterocycles. The molecule has 0 radical (unpaired) electrons. The maximum Gasteiger partial charge on any atom is 0.142 e. The van der Waals surface area contributed by atoms with Crippen LogP contribution in [-0.2, 0) is 6.54 Å². The number of rotatable bonds is 9. The van der Waals surface area contributed by atoms with Gasteiger partial charge in [-0.15, -0.1) is 0 Å². The van der Waals surface area contributed by atoms with Crippen LogP contribution in [0.1, 0.15) is 32.3 Å². The number of hydrogen-bond acceptors (Lipinski definition) is 4. The van der Waals surface area contributed by atoms with Gasteiger partial charge < -0.3 is 20.1 Å². The lowest BCUT2D eigenvalue weighted by molar-refractivity contribution is 0.300. The van der Waals surface area contributed by atoms with Crippen LogP contribution in [0.5, 0.6) is 5.75 Å². The number of hydrogen-bond donors (Lipinski definition) is 2. The van der Waals surface area contributed by atoms with E-state index in [0.717, 1.165) is 24.5 Å². The first-order valence-corrected chi connectivity index (χ1v) is 7.63. The van der Waals surface area contributed by atoms with E-state index >= 15 is 0 Å². The fourth-order valence-electron chi connectivity index (χ4n) is 2.32. The van der Waals surface area contributed by atoms with Crippen molar-refractivity contribution in [2.45, 2.75) is 39.3 Å². The minimum Gasteiger partial charge on any atom is -0.492 e. The van der Waals surface area contributed by atoms with Crippen LogP contribution in [0.15, 0.2) is 18.2 Å². The van der Waals surface area contributed by atoms with Gasteiger partial charge in [-0.2, -0.15) is 0 Å². The van der Waals surface area contributed by atoms with Crippen molar-refractivity contribution in [2.75, 3.05) is 31.2 Å². The third kappa shape index (κ3) is 4.12. The van der Waals surface area contributed by atoms with Crippen molar-refractivity contribution in [1.82, 2.24) is 5.32 Å². The maximum atomic E-state index is 9.16. The molecular formula is C16H26N2O2. The number of nitrogens with one attached hydrogen (secondary N) is 1. The summed E-state index contributed by atoms with van der Waals surface area (Å²) in [4.78, 5) is 2.14. The van der Waals surface area contributed by atoms with Gasteiger partial charge in [-0.3, -0.25) is 0 Å². The van der Waals surface area contributed by atoms with Crippen molar-refractivity contribution < 1.29 is 9.84 Å². The van der Waals surface area contributed by atoms with E-state index in [9.17, 15) is 0 Å². The van der Waals surface area contributed by atoms with Crippen molar-refractivity contribution in [3.8, 4) is 5.75 Å². The first-order valence-electron chi connectivity index (χ1n) is 7.63. The molecule has 112 valence electrons. The van der Waals surface area contributed by atoms with Gasteiger partial charge in [0.1, 0.15) is 5.75 Å². The number of ether oxygens (including phenoxy) is 1. The molecule has 0 amide bonds. The zero-order valence-electron chi connectivity index (χ0n) is 12.6. The van der Waals surface area contributed by atoms with E-state index in [2.05, 4.69) is 35.3 Å². The highest BCUT2D eigenvalue weighted by atomic mass is 16.5. The average molecular weight is 278 g/mol. The molecule has 0 aromatic heterocycles. The molecule has 0 unspecified atom stereocenters. The Kier molecular flexibility index (Phi) is 5.68. The van der Waals surface area contributed by atoms with E-state index in [4.69, 9.17) is 9.84 Å². The summed E-state index contributed by atoms with van der Waals surface area (Å²) in [5, 5.41) is 12.7. The summed E-state index contributed by atoms with van der Waals surface area (Å²) in [6, 6.07) is 7.09. The highest BCUT2D eigenvalue weighted by Crippen LogP contribution is 2.30. The minimum atomic E-state index is 0.157.